The van der Waals surface area contributed by atoms with Gasteiger partial charge in [-0.3, -0.25) is 14.2 Å². The third-order valence-electron chi connectivity index (χ3n) is 7.06. The zero-order chi connectivity index (χ0) is 26.0. The third-order valence-corrected chi connectivity index (χ3v) is 7.06. The molecule has 2 aromatic carbocycles. The molecule has 0 bridgehead atoms. The number of aryl methyl sites for hydroxylation is 1. The standard InChI is InChI=1S/C29H33FN4O3/c1-3-4-7-16-37-25-9-6-5-8-22(25)29(12-13-29)33-26-28(36)34(15-14-31-26)24-18-21(23(30)17-19(24)2)27(35)32-20-10-11-20/h5-6,8-9,14-15,17-18,20H,3-4,7,10-13,16H2,1-2H3,(H,31,33)(H,32,35). The summed E-state index contributed by atoms with van der Waals surface area (Å²) in [7, 11) is 0. The number of unbranched alkanes of at least 4 members (excludes halogenated alkanes) is 2. The highest BCUT2D eigenvalue weighted by Crippen LogP contribution is 2.50. The van der Waals surface area contributed by atoms with E-state index in [0.29, 0.717) is 17.9 Å². The maximum absolute atomic E-state index is 14.7. The fourth-order valence-corrected chi connectivity index (χ4v) is 4.61. The van der Waals surface area contributed by atoms with Crippen LogP contribution in [0.3, 0.4) is 0 Å². The number of benzene rings is 2. The van der Waals surface area contributed by atoms with Crippen LogP contribution in [-0.4, -0.2) is 28.1 Å². The minimum Gasteiger partial charge on any atom is -0.493 e. The third kappa shape index (κ3) is 5.38. The molecule has 0 radical (unpaired) electrons. The molecule has 1 amide bonds. The molecule has 2 aliphatic rings. The molecule has 5 rings (SSSR count). The lowest BCUT2D eigenvalue weighted by atomic mass is 10.0. The Morgan fingerprint density at radius 1 is 1.22 bits per heavy atom. The predicted octanol–water partition coefficient (Wildman–Crippen LogP) is 5.24. The van der Waals surface area contributed by atoms with E-state index >= 15 is 0 Å². The molecule has 2 saturated carbocycles. The van der Waals surface area contributed by atoms with E-state index in [0.717, 1.165) is 56.3 Å². The van der Waals surface area contributed by atoms with E-state index in [1.807, 2.05) is 24.3 Å². The van der Waals surface area contributed by atoms with Gasteiger partial charge in [0.25, 0.3) is 11.5 Å². The summed E-state index contributed by atoms with van der Waals surface area (Å²) in [4.78, 5) is 30.5. The molecule has 7 nitrogen and oxygen atoms in total. The number of aromatic nitrogens is 2. The molecule has 0 saturated heterocycles. The zero-order valence-electron chi connectivity index (χ0n) is 21.4. The van der Waals surface area contributed by atoms with Gasteiger partial charge in [0, 0.05) is 24.0 Å². The van der Waals surface area contributed by atoms with Crippen LogP contribution in [0.25, 0.3) is 5.69 Å². The van der Waals surface area contributed by atoms with E-state index in [1.54, 1.807) is 19.3 Å². The number of hydrogen-bond acceptors (Lipinski definition) is 5. The largest absolute Gasteiger partial charge is 0.493 e. The van der Waals surface area contributed by atoms with Crippen molar-refractivity contribution >= 4 is 11.7 Å². The molecule has 1 heterocycles. The summed E-state index contributed by atoms with van der Waals surface area (Å²) in [5.41, 5.74) is 1.14. The average Bonchev–Trinajstić information content (AvgIpc) is 3.82. The first-order chi connectivity index (χ1) is 17.9. The topological polar surface area (TPSA) is 85.2 Å². The van der Waals surface area contributed by atoms with Crippen LogP contribution in [0.1, 0.15) is 73.4 Å². The number of anilines is 1. The number of nitrogens with one attached hydrogen (secondary N) is 2. The van der Waals surface area contributed by atoms with Gasteiger partial charge in [0.15, 0.2) is 5.82 Å². The quantitative estimate of drug-likeness (QED) is 0.349. The monoisotopic (exact) mass is 504 g/mol. The molecule has 3 aromatic rings. The van der Waals surface area contributed by atoms with Crippen molar-refractivity contribution in [2.45, 2.75) is 70.4 Å². The van der Waals surface area contributed by atoms with Crippen LogP contribution in [0.4, 0.5) is 10.2 Å². The number of ether oxygens (including phenoxy) is 1. The first-order valence-corrected chi connectivity index (χ1v) is 13.1. The van der Waals surface area contributed by atoms with Crippen molar-refractivity contribution < 1.29 is 13.9 Å². The van der Waals surface area contributed by atoms with E-state index in [1.165, 1.54) is 16.7 Å². The molecule has 8 heteroatoms. The number of nitrogens with zero attached hydrogens (tertiary/aromatic N) is 2. The van der Waals surface area contributed by atoms with Crippen LogP contribution in [0, 0.1) is 12.7 Å². The molecule has 2 N–H and O–H groups in total. The molecule has 2 fully saturated rings. The van der Waals surface area contributed by atoms with E-state index in [2.05, 4.69) is 22.5 Å². The van der Waals surface area contributed by atoms with Gasteiger partial charge in [-0.1, -0.05) is 38.0 Å². The molecule has 2 aliphatic carbocycles. The second kappa shape index (κ2) is 10.4. The Balaban J connectivity index is 1.43. The zero-order valence-corrected chi connectivity index (χ0v) is 21.4. The van der Waals surface area contributed by atoms with Gasteiger partial charge < -0.3 is 15.4 Å². The van der Waals surface area contributed by atoms with Gasteiger partial charge in [-0.15, -0.1) is 0 Å². The number of halogens is 1. The minimum atomic E-state index is -0.604. The number of amides is 1. The average molecular weight is 505 g/mol. The number of rotatable bonds is 11. The van der Waals surface area contributed by atoms with Gasteiger partial charge in [0.05, 0.1) is 23.4 Å². The first-order valence-electron chi connectivity index (χ1n) is 13.1. The molecule has 194 valence electrons. The summed E-state index contributed by atoms with van der Waals surface area (Å²) in [6.45, 7) is 4.53. The summed E-state index contributed by atoms with van der Waals surface area (Å²) in [5, 5.41) is 6.21. The number of carbonyl (C=O) groups is 1. The lowest BCUT2D eigenvalue weighted by molar-refractivity contribution is 0.0947. The summed E-state index contributed by atoms with van der Waals surface area (Å²) in [6.07, 6.45) is 9.82. The summed E-state index contributed by atoms with van der Waals surface area (Å²) in [5.74, 6) is -0.0458. The Kier molecular flexibility index (Phi) is 7.00. The molecule has 0 atom stereocenters. The van der Waals surface area contributed by atoms with Gasteiger partial charge in [-0.25, -0.2) is 9.37 Å². The van der Waals surface area contributed by atoms with Crippen molar-refractivity contribution in [2.24, 2.45) is 0 Å². The second-order valence-corrected chi connectivity index (χ2v) is 10.1. The van der Waals surface area contributed by atoms with Crippen LogP contribution in [-0.2, 0) is 5.54 Å². The van der Waals surface area contributed by atoms with Gasteiger partial charge in [-0.05, 0) is 62.8 Å². The summed E-state index contributed by atoms with van der Waals surface area (Å²) in [6, 6.07) is 10.8. The fourth-order valence-electron chi connectivity index (χ4n) is 4.61. The van der Waals surface area contributed by atoms with Crippen molar-refractivity contribution in [1.82, 2.24) is 14.9 Å². The van der Waals surface area contributed by atoms with Crippen LogP contribution in [0.2, 0.25) is 0 Å². The first kappa shape index (κ1) is 25.0. The Hall–Kier alpha value is -3.68. The smallest absolute Gasteiger partial charge is 0.297 e. The van der Waals surface area contributed by atoms with Crippen LogP contribution >= 0.6 is 0 Å². The molecule has 0 unspecified atom stereocenters. The summed E-state index contributed by atoms with van der Waals surface area (Å²) >= 11 is 0. The maximum atomic E-state index is 14.7. The Morgan fingerprint density at radius 3 is 2.73 bits per heavy atom. The molecule has 0 aliphatic heterocycles. The van der Waals surface area contributed by atoms with Gasteiger partial charge in [0.2, 0.25) is 0 Å². The lowest BCUT2D eigenvalue weighted by Gasteiger charge is -2.22. The fraction of sp³-hybridized carbons (Fsp3) is 0.414. The highest BCUT2D eigenvalue weighted by molar-refractivity contribution is 5.95. The van der Waals surface area contributed by atoms with Crippen LogP contribution < -0.4 is 20.9 Å². The van der Waals surface area contributed by atoms with Gasteiger partial charge in [0.1, 0.15) is 11.6 Å². The Bertz CT molecular complexity index is 1360. The molecule has 0 spiro atoms. The van der Waals surface area contributed by atoms with E-state index in [9.17, 15) is 14.0 Å². The van der Waals surface area contributed by atoms with Crippen molar-refractivity contribution in [3.63, 3.8) is 0 Å². The summed E-state index contributed by atoms with van der Waals surface area (Å²) < 4.78 is 22.2. The van der Waals surface area contributed by atoms with Gasteiger partial charge in [-0.2, -0.15) is 0 Å². The van der Waals surface area contributed by atoms with Gasteiger partial charge >= 0.3 is 0 Å². The van der Waals surface area contributed by atoms with E-state index < -0.39 is 17.3 Å². The molecule has 1 aromatic heterocycles. The maximum Gasteiger partial charge on any atom is 0.297 e. The van der Waals surface area contributed by atoms with Crippen molar-refractivity contribution in [3.05, 3.63) is 81.7 Å². The van der Waals surface area contributed by atoms with Crippen molar-refractivity contribution in [3.8, 4) is 11.4 Å². The minimum absolute atomic E-state index is 0.0708. The van der Waals surface area contributed by atoms with Crippen LogP contribution in [0.15, 0.2) is 53.6 Å². The van der Waals surface area contributed by atoms with Crippen LogP contribution in [0.5, 0.6) is 5.75 Å². The van der Waals surface area contributed by atoms with Crippen molar-refractivity contribution in [1.29, 1.82) is 0 Å². The SMILES string of the molecule is CCCCCOc1ccccc1C1(Nc2nccn(-c3cc(C(=O)NC4CC4)c(F)cc3C)c2=O)CC1. The van der Waals surface area contributed by atoms with Crippen molar-refractivity contribution in [2.75, 3.05) is 11.9 Å². The number of hydrogen-bond donors (Lipinski definition) is 2. The number of para-hydroxylation sites is 1. The second-order valence-electron chi connectivity index (χ2n) is 10.1. The van der Waals surface area contributed by atoms with E-state index in [-0.39, 0.29) is 23.0 Å². The highest BCUT2D eigenvalue weighted by atomic mass is 19.1. The van der Waals surface area contributed by atoms with E-state index in [4.69, 9.17) is 4.74 Å². The highest BCUT2D eigenvalue weighted by Gasteiger charge is 2.47. The molecule has 37 heavy (non-hydrogen) atoms. The predicted molar refractivity (Wildman–Crippen MR) is 141 cm³/mol. The Morgan fingerprint density at radius 2 is 2.00 bits per heavy atom. The number of carbonyl (C=O) groups excluding carboxylic acids is 1. The normalized spacial score (nSPS) is 15.8. The Labute approximate surface area is 216 Å². The lowest BCUT2D eigenvalue weighted by Crippen LogP contribution is -2.30. The molecular weight excluding hydrogens is 471 g/mol. The molecular formula is C29H33FN4O3.